The van der Waals surface area contributed by atoms with Crippen molar-refractivity contribution in [2.75, 3.05) is 13.2 Å². The highest BCUT2D eigenvalue weighted by atomic mass is 16.6. The van der Waals surface area contributed by atoms with Crippen molar-refractivity contribution >= 4 is 17.9 Å². The fraction of sp³-hybridized carbons (Fsp3) is 0.951. The molecule has 0 saturated carbocycles. The normalized spacial score (nSPS) is 12.4. The predicted octanol–water partition coefficient (Wildman–Crippen LogP) is 20.0. The van der Waals surface area contributed by atoms with Gasteiger partial charge in [0.25, 0.3) is 0 Å². The Kier molecular flexibility index (Phi) is 52.5. The zero-order valence-electron chi connectivity index (χ0n) is 46.0. The molecule has 67 heavy (non-hydrogen) atoms. The van der Waals surface area contributed by atoms with Crippen LogP contribution >= 0.6 is 0 Å². The molecule has 2 atom stereocenters. The lowest BCUT2D eigenvalue weighted by molar-refractivity contribution is -0.167. The van der Waals surface area contributed by atoms with Crippen molar-refractivity contribution in [1.82, 2.24) is 0 Å². The molecule has 0 saturated heterocycles. The number of hydrogen-bond donors (Lipinski definition) is 0. The summed E-state index contributed by atoms with van der Waals surface area (Å²) in [7, 11) is 0. The van der Waals surface area contributed by atoms with Crippen LogP contribution in [0.3, 0.4) is 0 Å². The van der Waals surface area contributed by atoms with Gasteiger partial charge in [-0.1, -0.05) is 304 Å². The Morgan fingerprint density at radius 1 is 0.313 bits per heavy atom. The van der Waals surface area contributed by atoms with Crippen LogP contribution in [0.4, 0.5) is 0 Å². The van der Waals surface area contributed by atoms with Crippen molar-refractivity contribution in [3.63, 3.8) is 0 Å². The summed E-state index contributed by atoms with van der Waals surface area (Å²) in [6, 6.07) is 0. The SMILES string of the molecule is CCCCCCCCCCCCCCCCCC(=O)O[C@H](COC(=O)CCCCCCCCCCCCCCCCC(C)CC)COC(=O)CCCCCCCCCCCCCCCC(C)C. The van der Waals surface area contributed by atoms with E-state index in [9.17, 15) is 14.4 Å². The Balaban J connectivity index is 4.29. The van der Waals surface area contributed by atoms with Gasteiger partial charge in [0.1, 0.15) is 13.2 Å². The topological polar surface area (TPSA) is 78.9 Å². The van der Waals surface area contributed by atoms with Gasteiger partial charge in [-0.25, -0.2) is 0 Å². The molecule has 0 aromatic rings. The van der Waals surface area contributed by atoms with Crippen molar-refractivity contribution < 1.29 is 28.6 Å². The molecule has 0 heterocycles. The van der Waals surface area contributed by atoms with E-state index in [0.29, 0.717) is 19.3 Å². The van der Waals surface area contributed by atoms with Crippen molar-refractivity contribution in [2.45, 2.75) is 349 Å². The first-order valence-corrected chi connectivity index (χ1v) is 30.3. The van der Waals surface area contributed by atoms with Gasteiger partial charge < -0.3 is 14.2 Å². The number of hydrogen-bond acceptors (Lipinski definition) is 6. The number of rotatable bonds is 55. The maximum absolute atomic E-state index is 12.9. The second-order valence-electron chi connectivity index (χ2n) is 21.7. The number of esters is 3. The van der Waals surface area contributed by atoms with E-state index in [2.05, 4.69) is 34.6 Å². The molecule has 0 aliphatic carbocycles. The summed E-state index contributed by atoms with van der Waals surface area (Å²) in [5.74, 6) is 0.900. The lowest BCUT2D eigenvalue weighted by Crippen LogP contribution is -2.30. The third-order valence-corrected chi connectivity index (χ3v) is 14.3. The van der Waals surface area contributed by atoms with Crippen LogP contribution in [0, 0.1) is 11.8 Å². The molecule has 0 N–H and O–H groups in total. The van der Waals surface area contributed by atoms with E-state index in [-0.39, 0.29) is 31.1 Å². The summed E-state index contributed by atoms with van der Waals surface area (Å²) in [5, 5.41) is 0. The Hall–Kier alpha value is -1.59. The minimum Gasteiger partial charge on any atom is -0.462 e. The molecule has 0 bridgehead atoms. The molecular weight excluding hydrogens is 829 g/mol. The zero-order chi connectivity index (χ0) is 48.9. The van der Waals surface area contributed by atoms with Gasteiger partial charge in [0.2, 0.25) is 0 Å². The van der Waals surface area contributed by atoms with Crippen LogP contribution in [0.2, 0.25) is 0 Å². The molecule has 0 aliphatic heterocycles. The molecule has 0 rings (SSSR count). The van der Waals surface area contributed by atoms with Gasteiger partial charge in [0.05, 0.1) is 0 Å². The van der Waals surface area contributed by atoms with Crippen LogP contribution in [0.5, 0.6) is 0 Å². The largest absolute Gasteiger partial charge is 0.462 e. The Morgan fingerprint density at radius 2 is 0.567 bits per heavy atom. The molecule has 0 spiro atoms. The second kappa shape index (κ2) is 53.8. The van der Waals surface area contributed by atoms with E-state index < -0.39 is 6.10 Å². The van der Waals surface area contributed by atoms with Gasteiger partial charge >= 0.3 is 17.9 Å². The van der Waals surface area contributed by atoms with Crippen LogP contribution in [0.15, 0.2) is 0 Å². The number of ether oxygens (including phenoxy) is 3. The maximum atomic E-state index is 12.9. The fourth-order valence-corrected chi connectivity index (χ4v) is 9.37. The standard InChI is InChI=1S/C61H118O6/c1-6-8-9-10-11-12-13-14-15-22-28-33-38-43-48-53-61(64)67-58(55-66-60(63)52-47-42-37-32-27-23-18-19-24-29-34-39-44-49-56(3)4)54-65-59(62)51-46-41-36-31-26-21-17-16-20-25-30-35-40-45-50-57(5)7-2/h56-58H,6-55H2,1-5H3/t57?,58-/m1/s1. The van der Waals surface area contributed by atoms with Gasteiger partial charge in [-0.3, -0.25) is 14.4 Å². The Morgan fingerprint density at radius 3 is 0.851 bits per heavy atom. The summed E-state index contributed by atoms with van der Waals surface area (Å²) in [5.41, 5.74) is 0. The smallest absolute Gasteiger partial charge is 0.306 e. The van der Waals surface area contributed by atoms with Crippen LogP contribution in [0.25, 0.3) is 0 Å². The summed E-state index contributed by atoms with van der Waals surface area (Å²) in [6.45, 7) is 11.5. The maximum Gasteiger partial charge on any atom is 0.306 e. The molecule has 6 heteroatoms. The van der Waals surface area contributed by atoms with E-state index in [1.807, 2.05) is 0 Å². The molecule has 398 valence electrons. The molecule has 6 nitrogen and oxygen atoms in total. The highest BCUT2D eigenvalue weighted by Crippen LogP contribution is 2.19. The molecular formula is C61H118O6. The third-order valence-electron chi connectivity index (χ3n) is 14.3. The van der Waals surface area contributed by atoms with E-state index in [4.69, 9.17) is 14.2 Å². The summed E-state index contributed by atoms with van der Waals surface area (Å²) in [6.07, 6.45) is 58.0. The van der Waals surface area contributed by atoms with E-state index in [1.54, 1.807) is 0 Å². The summed E-state index contributed by atoms with van der Waals surface area (Å²) in [4.78, 5) is 38.2. The fourth-order valence-electron chi connectivity index (χ4n) is 9.37. The Labute approximate surface area is 418 Å². The monoisotopic (exact) mass is 947 g/mol. The van der Waals surface area contributed by atoms with Crippen molar-refractivity contribution in [3.8, 4) is 0 Å². The Bertz CT molecular complexity index is 1030. The summed E-state index contributed by atoms with van der Waals surface area (Å²) >= 11 is 0. The van der Waals surface area contributed by atoms with Crippen LogP contribution in [0.1, 0.15) is 343 Å². The number of unbranched alkanes of at least 4 members (excludes halogenated alkanes) is 39. The van der Waals surface area contributed by atoms with E-state index >= 15 is 0 Å². The van der Waals surface area contributed by atoms with E-state index in [1.165, 1.54) is 231 Å². The first-order chi connectivity index (χ1) is 32.8. The highest BCUT2D eigenvalue weighted by molar-refractivity contribution is 5.71. The highest BCUT2D eigenvalue weighted by Gasteiger charge is 2.19. The van der Waals surface area contributed by atoms with Crippen molar-refractivity contribution in [3.05, 3.63) is 0 Å². The number of carbonyl (C=O) groups is 3. The lowest BCUT2D eigenvalue weighted by atomic mass is 9.99. The molecule has 0 fully saturated rings. The minimum atomic E-state index is -0.763. The average Bonchev–Trinajstić information content (AvgIpc) is 3.31. The van der Waals surface area contributed by atoms with E-state index in [0.717, 1.165) is 69.6 Å². The lowest BCUT2D eigenvalue weighted by Gasteiger charge is -2.18. The van der Waals surface area contributed by atoms with Gasteiger partial charge in [0.15, 0.2) is 6.10 Å². The third kappa shape index (κ3) is 53.6. The van der Waals surface area contributed by atoms with Gasteiger partial charge in [0, 0.05) is 19.3 Å². The van der Waals surface area contributed by atoms with Crippen LogP contribution < -0.4 is 0 Å². The molecule has 0 aliphatic rings. The molecule has 0 aromatic carbocycles. The molecule has 0 aromatic heterocycles. The number of carbonyl (C=O) groups excluding carboxylic acids is 3. The van der Waals surface area contributed by atoms with Crippen molar-refractivity contribution in [2.24, 2.45) is 11.8 Å². The molecule has 1 unspecified atom stereocenters. The first kappa shape index (κ1) is 65.4. The minimum absolute atomic E-state index is 0.0623. The average molecular weight is 948 g/mol. The predicted molar refractivity (Wildman–Crippen MR) is 289 cm³/mol. The summed E-state index contributed by atoms with van der Waals surface area (Å²) < 4.78 is 16.9. The van der Waals surface area contributed by atoms with Crippen molar-refractivity contribution in [1.29, 1.82) is 0 Å². The zero-order valence-corrected chi connectivity index (χ0v) is 46.0. The van der Waals surface area contributed by atoms with Crippen LogP contribution in [-0.2, 0) is 28.6 Å². The van der Waals surface area contributed by atoms with Gasteiger partial charge in [-0.15, -0.1) is 0 Å². The first-order valence-electron chi connectivity index (χ1n) is 30.3. The van der Waals surface area contributed by atoms with Crippen LogP contribution in [-0.4, -0.2) is 37.2 Å². The second-order valence-corrected chi connectivity index (χ2v) is 21.7. The molecule has 0 radical (unpaired) electrons. The molecule has 0 amide bonds. The quantitative estimate of drug-likeness (QED) is 0.0343. The van der Waals surface area contributed by atoms with Gasteiger partial charge in [-0.05, 0) is 31.1 Å². The van der Waals surface area contributed by atoms with Gasteiger partial charge in [-0.2, -0.15) is 0 Å².